The number of benzene rings is 1. The largest absolute Gasteiger partial charge is 0.465 e. The van der Waals surface area contributed by atoms with Crippen LogP contribution in [0.15, 0.2) is 17.1 Å². The van der Waals surface area contributed by atoms with Crippen molar-refractivity contribution in [3.63, 3.8) is 0 Å². The smallest absolute Gasteiger partial charge is 0.338 e. The van der Waals surface area contributed by atoms with Crippen molar-refractivity contribution in [3.8, 4) is 0 Å². The number of aryl methyl sites for hydroxylation is 1. The van der Waals surface area contributed by atoms with E-state index in [9.17, 15) is 9.59 Å². The molecule has 0 fully saturated rings. The van der Waals surface area contributed by atoms with Crippen molar-refractivity contribution in [2.24, 2.45) is 10.9 Å². The summed E-state index contributed by atoms with van der Waals surface area (Å²) in [6, 6.07) is 3.58. The van der Waals surface area contributed by atoms with Gasteiger partial charge in [0, 0.05) is 5.56 Å². The molecule has 0 saturated heterocycles. The van der Waals surface area contributed by atoms with E-state index in [1.54, 1.807) is 6.07 Å². The highest BCUT2D eigenvalue weighted by molar-refractivity contribution is 6.19. The number of carbonyl (C=O) groups is 2. The number of amidine groups is 1. The highest BCUT2D eigenvalue weighted by atomic mass is 16.5. The molecule has 1 atom stereocenters. The van der Waals surface area contributed by atoms with Gasteiger partial charge in [-0.05, 0) is 43.9 Å². The number of hydrogen-bond donors (Lipinski definition) is 1. The standard InChI is InChI=1S/C17H22N2O3/c1-9(2)17(5)16(21)18-14(19-17)13-11(4)10(3)7-8-12(13)15(20)22-6/h7-9H,1-6H3,(H,18,19,21). The van der Waals surface area contributed by atoms with Gasteiger partial charge >= 0.3 is 5.97 Å². The molecule has 1 aliphatic rings. The van der Waals surface area contributed by atoms with Crippen LogP contribution < -0.4 is 5.32 Å². The first-order valence-electron chi connectivity index (χ1n) is 7.32. The normalized spacial score (nSPS) is 20.9. The Labute approximate surface area is 130 Å². The predicted octanol–water partition coefficient (Wildman–Crippen LogP) is 2.38. The van der Waals surface area contributed by atoms with E-state index < -0.39 is 11.5 Å². The Morgan fingerprint density at radius 1 is 1.32 bits per heavy atom. The molecule has 0 aromatic heterocycles. The van der Waals surface area contributed by atoms with Gasteiger partial charge in [-0.1, -0.05) is 19.9 Å². The lowest BCUT2D eigenvalue weighted by molar-refractivity contribution is -0.124. The van der Waals surface area contributed by atoms with Crippen LogP contribution in [0.5, 0.6) is 0 Å². The maximum atomic E-state index is 12.3. The number of hydrogen-bond acceptors (Lipinski definition) is 4. The third kappa shape index (κ3) is 2.40. The molecule has 2 rings (SSSR count). The van der Waals surface area contributed by atoms with Crippen molar-refractivity contribution in [2.45, 2.75) is 40.2 Å². The van der Waals surface area contributed by atoms with Crippen LogP contribution in [0, 0.1) is 19.8 Å². The summed E-state index contributed by atoms with van der Waals surface area (Å²) in [6.45, 7) is 9.59. The Morgan fingerprint density at radius 3 is 2.45 bits per heavy atom. The number of methoxy groups -OCH3 is 1. The zero-order valence-electron chi connectivity index (χ0n) is 13.9. The second-order valence-corrected chi connectivity index (χ2v) is 6.14. The molecule has 0 bridgehead atoms. The number of nitrogens with one attached hydrogen (secondary N) is 1. The molecule has 1 aromatic carbocycles. The van der Waals surface area contributed by atoms with Gasteiger partial charge in [-0.25, -0.2) is 4.79 Å². The van der Waals surface area contributed by atoms with Crippen molar-refractivity contribution in [1.29, 1.82) is 0 Å². The topological polar surface area (TPSA) is 67.8 Å². The molecule has 1 unspecified atom stereocenters. The summed E-state index contributed by atoms with van der Waals surface area (Å²) in [5, 5.41) is 2.83. The van der Waals surface area contributed by atoms with Crippen LogP contribution in [0.2, 0.25) is 0 Å². The fraction of sp³-hybridized carbons (Fsp3) is 0.471. The summed E-state index contributed by atoms with van der Waals surface area (Å²) in [7, 11) is 1.34. The van der Waals surface area contributed by atoms with E-state index >= 15 is 0 Å². The first-order chi connectivity index (χ1) is 10.2. The van der Waals surface area contributed by atoms with Gasteiger partial charge in [0.25, 0.3) is 5.91 Å². The molecule has 0 aliphatic carbocycles. The van der Waals surface area contributed by atoms with Crippen LogP contribution in [0.25, 0.3) is 0 Å². The fourth-order valence-electron chi connectivity index (χ4n) is 2.46. The van der Waals surface area contributed by atoms with Crippen molar-refractivity contribution < 1.29 is 14.3 Å². The van der Waals surface area contributed by atoms with Crippen molar-refractivity contribution in [1.82, 2.24) is 5.32 Å². The molecule has 0 spiro atoms. The molecular weight excluding hydrogens is 280 g/mol. The highest BCUT2D eigenvalue weighted by Gasteiger charge is 2.43. The number of amides is 1. The first kappa shape index (κ1) is 16.2. The van der Waals surface area contributed by atoms with Gasteiger partial charge in [0.15, 0.2) is 0 Å². The highest BCUT2D eigenvalue weighted by Crippen LogP contribution is 2.29. The van der Waals surface area contributed by atoms with E-state index in [-0.39, 0.29) is 11.8 Å². The number of aliphatic imine (C=N–C) groups is 1. The van der Waals surface area contributed by atoms with Crippen LogP contribution in [0.1, 0.15) is 47.8 Å². The Morgan fingerprint density at radius 2 is 1.95 bits per heavy atom. The molecule has 22 heavy (non-hydrogen) atoms. The van der Waals surface area contributed by atoms with Gasteiger partial charge in [0.1, 0.15) is 11.4 Å². The molecule has 1 aromatic rings. The molecule has 1 heterocycles. The van der Waals surface area contributed by atoms with Crippen LogP contribution in [-0.4, -0.2) is 30.4 Å². The summed E-state index contributed by atoms with van der Waals surface area (Å²) in [5.74, 6) is -0.0816. The number of carbonyl (C=O) groups excluding carboxylic acids is 2. The Kier molecular flexibility index (Phi) is 4.09. The summed E-state index contributed by atoms with van der Waals surface area (Å²) < 4.78 is 4.85. The molecule has 1 amide bonds. The SMILES string of the molecule is COC(=O)c1ccc(C)c(C)c1C1=NC(C)(C(C)C)C(=O)N1. The van der Waals surface area contributed by atoms with Gasteiger partial charge in [-0.15, -0.1) is 0 Å². The molecule has 5 nitrogen and oxygen atoms in total. The Hall–Kier alpha value is -2.17. The van der Waals surface area contributed by atoms with E-state index in [1.807, 2.05) is 40.7 Å². The molecule has 0 saturated carbocycles. The van der Waals surface area contributed by atoms with Gasteiger partial charge in [0.2, 0.25) is 0 Å². The minimum Gasteiger partial charge on any atom is -0.465 e. The molecule has 1 N–H and O–H groups in total. The number of rotatable bonds is 3. The fourth-order valence-corrected chi connectivity index (χ4v) is 2.46. The molecule has 1 aliphatic heterocycles. The quantitative estimate of drug-likeness (QED) is 0.872. The zero-order chi connectivity index (χ0) is 16.7. The van der Waals surface area contributed by atoms with Crippen molar-refractivity contribution >= 4 is 17.7 Å². The zero-order valence-corrected chi connectivity index (χ0v) is 13.9. The van der Waals surface area contributed by atoms with Crippen molar-refractivity contribution in [3.05, 3.63) is 34.4 Å². The van der Waals surface area contributed by atoms with Gasteiger partial charge < -0.3 is 10.1 Å². The summed E-state index contributed by atoms with van der Waals surface area (Å²) in [5.41, 5.74) is 2.17. The van der Waals surface area contributed by atoms with Crippen molar-refractivity contribution in [2.75, 3.05) is 7.11 Å². The molecular formula is C17H22N2O3. The summed E-state index contributed by atoms with van der Waals surface area (Å²) in [6.07, 6.45) is 0. The Balaban J connectivity index is 2.65. The maximum Gasteiger partial charge on any atom is 0.338 e. The van der Waals surface area contributed by atoms with Crippen LogP contribution in [0.3, 0.4) is 0 Å². The summed E-state index contributed by atoms with van der Waals surface area (Å²) >= 11 is 0. The van der Waals surface area contributed by atoms with E-state index in [0.29, 0.717) is 17.0 Å². The minimum absolute atomic E-state index is 0.0525. The second-order valence-electron chi connectivity index (χ2n) is 6.14. The first-order valence-corrected chi connectivity index (χ1v) is 7.32. The monoisotopic (exact) mass is 302 g/mol. The Bertz CT molecular complexity index is 677. The van der Waals surface area contributed by atoms with Crippen LogP contribution >= 0.6 is 0 Å². The van der Waals surface area contributed by atoms with E-state index in [2.05, 4.69) is 10.3 Å². The maximum absolute atomic E-state index is 12.3. The van der Waals surface area contributed by atoms with Gasteiger partial charge in [0.05, 0.1) is 12.7 Å². The third-order valence-electron chi connectivity index (χ3n) is 4.54. The lowest BCUT2D eigenvalue weighted by Crippen LogP contribution is -2.41. The number of esters is 1. The number of nitrogens with zero attached hydrogens (tertiary/aromatic N) is 1. The predicted molar refractivity (Wildman–Crippen MR) is 85.2 cm³/mol. The average molecular weight is 302 g/mol. The van der Waals surface area contributed by atoms with Gasteiger partial charge in [-0.3, -0.25) is 9.79 Å². The molecule has 118 valence electrons. The molecule has 0 radical (unpaired) electrons. The average Bonchev–Trinajstić information content (AvgIpc) is 2.77. The van der Waals surface area contributed by atoms with Gasteiger partial charge in [-0.2, -0.15) is 0 Å². The second kappa shape index (κ2) is 5.55. The number of ether oxygens (including phenoxy) is 1. The lowest BCUT2D eigenvalue weighted by Gasteiger charge is -2.21. The lowest BCUT2D eigenvalue weighted by atomic mass is 9.89. The van der Waals surface area contributed by atoms with E-state index in [4.69, 9.17) is 4.74 Å². The summed E-state index contributed by atoms with van der Waals surface area (Å²) in [4.78, 5) is 29.0. The van der Waals surface area contributed by atoms with E-state index in [1.165, 1.54) is 7.11 Å². The van der Waals surface area contributed by atoms with Crippen LogP contribution in [0.4, 0.5) is 0 Å². The molecule has 5 heteroatoms. The minimum atomic E-state index is -0.821. The van der Waals surface area contributed by atoms with E-state index in [0.717, 1.165) is 11.1 Å². The third-order valence-corrected chi connectivity index (χ3v) is 4.54. The van der Waals surface area contributed by atoms with Crippen LogP contribution in [-0.2, 0) is 9.53 Å².